The summed E-state index contributed by atoms with van der Waals surface area (Å²) >= 11 is 0. The van der Waals surface area contributed by atoms with Gasteiger partial charge in [-0.15, -0.1) is 4.91 Å². The summed E-state index contributed by atoms with van der Waals surface area (Å²) < 4.78 is 12.7. The van der Waals surface area contributed by atoms with Crippen LogP contribution in [0.1, 0.15) is 10.4 Å². The number of hydrogen-bond donors (Lipinski definition) is 1. The van der Waals surface area contributed by atoms with E-state index in [9.17, 15) is 14.1 Å². The quantitative estimate of drug-likeness (QED) is 0.687. The van der Waals surface area contributed by atoms with Crippen LogP contribution in [0, 0.1) is 10.7 Å². The van der Waals surface area contributed by atoms with Crippen LogP contribution in [0.4, 0.5) is 10.1 Å². The van der Waals surface area contributed by atoms with Crippen LogP contribution < -0.4 is 0 Å². The van der Waals surface area contributed by atoms with Crippen molar-refractivity contribution in [2.75, 3.05) is 0 Å². The smallest absolute Gasteiger partial charge is 0.338 e. The zero-order chi connectivity index (χ0) is 9.14. The molecule has 1 aromatic carbocycles. The van der Waals surface area contributed by atoms with Gasteiger partial charge in [0.25, 0.3) is 0 Å². The van der Waals surface area contributed by atoms with Gasteiger partial charge in [-0.25, -0.2) is 9.18 Å². The number of nitroso groups, excluding NO2 is 1. The Kier molecular flexibility index (Phi) is 2.14. The van der Waals surface area contributed by atoms with E-state index in [0.29, 0.717) is 0 Å². The van der Waals surface area contributed by atoms with Crippen LogP contribution >= 0.6 is 0 Å². The Morgan fingerprint density at radius 2 is 2.17 bits per heavy atom. The van der Waals surface area contributed by atoms with Gasteiger partial charge in [0, 0.05) is 0 Å². The summed E-state index contributed by atoms with van der Waals surface area (Å²) in [6.45, 7) is 0. The monoisotopic (exact) mass is 169 g/mol. The molecule has 0 aromatic heterocycles. The van der Waals surface area contributed by atoms with Crippen molar-refractivity contribution >= 4 is 11.7 Å². The van der Waals surface area contributed by atoms with Gasteiger partial charge in [-0.3, -0.25) is 0 Å². The first-order chi connectivity index (χ1) is 5.66. The van der Waals surface area contributed by atoms with Crippen LogP contribution in [0.25, 0.3) is 0 Å². The Balaban J connectivity index is 3.37. The maximum Gasteiger partial charge on any atom is 0.338 e. The van der Waals surface area contributed by atoms with Crippen molar-refractivity contribution in [2.24, 2.45) is 5.18 Å². The standard InChI is InChI=1S/C7H4FNO3/c8-5-3-1-2-4(7(10)11)6(5)9-12/h1-3H,(H,10,11). The van der Waals surface area contributed by atoms with Gasteiger partial charge < -0.3 is 5.11 Å². The van der Waals surface area contributed by atoms with Crippen LogP contribution in [0.3, 0.4) is 0 Å². The minimum atomic E-state index is -1.37. The summed E-state index contributed by atoms with van der Waals surface area (Å²) in [4.78, 5) is 20.4. The lowest BCUT2D eigenvalue weighted by Crippen LogP contribution is -1.97. The first kappa shape index (κ1) is 8.32. The lowest BCUT2D eigenvalue weighted by molar-refractivity contribution is 0.0697. The van der Waals surface area contributed by atoms with Crippen molar-refractivity contribution in [1.29, 1.82) is 0 Å². The Bertz CT molecular complexity index is 337. The van der Waals surface area contributed by atoms with Gasteiger partial charge in [-0.05, 0) is 17.3 Å². The maximum atomic E-state index is 12.7. The molecule has 1 N–H and O–H groups in total. The molecule has 0 aliphatic heterocycles. The van der Waals surface area contributed by atoms with Gasteiger partial charge in [0.05, 0.1) is 5.56 Å². The summed E-state index contributed by atoms with van der Waals surface area (Å²) in [5, 5.41) is 10.7. The molecule has 62 valence electrons. The van der Waals surface area contributed by atoms with E-state index in [1.165, 1.54) is 6.07 Å². The largest absolute Gasteiger partial charge is 0.478 e. The summed E-state index contributed by atoms with van der Waals surface area (Å²) in [5.74, 6) is -2.30. The van der Waals surface area contributed by atoms with Gasteiger partial charge in [0.2, 0.25) is 0 Å². The molecule has 0 spiro atoms. The molecule has 1 rings (SSSR count). The first-order valence-electron chi connectivity index (χ1n) is 3.02. The number of carboxylic acid groups (broad SMARTS) is 1. The van der Waals surface area contributed by atoms with E-state index >= 15 is 0 Å². The number of hydrogen-bond acceptors (Lipinski definition) is 3. The molecule has 0 unspecified atom stereocenters. The molecule has 0 atom stereocenters. The number of rotatable bonds is 2. The number of carbonyl (C=O) groups is 1. The minimum Gasteiger partial charge on any atom is -0.478 e. The van der Waals surface area contributed by atoms with Crippen molar-refractivity contribution in [3.63, 3.8) is 0 Å². The number of carboxylic acids is 1. The molecule has 0 saturated heterocycles. The Labute approximate surface area is 66.6 Å². The van der Waals surface area contributed by atoms with E-state index in [-0.39, 0.29) is 0 Å². The fraction of sp³-hybridized carbons (Fsp3) is 0. The molecule has 0 aliphatic rings. The number of benzene rings is 1. The summed E-state index contributed by atoms with van der Waals surface area (Å²) in [5.41, 5.74) is -1.09. The molecule has 0 saturated carbocycles. The van der Waals surface area contributed by atoms with Gasteiger partial charge in [0.1, 0.15) is 0 Å². The number of halogens is 1. The Morgan fingerprint density at radius 1 is 1.50 bits per heavy atom. The topological polar surface area (TPSA) is 66.7 Å². The predicted octanol–water partition coefficient (Wildman–Crippen LogP) is 1.92. The summed E-state index contributed by atoms with van der Waals surface area (Å²) in [6.07, 6.45) is 0. The van der Waals surface area contributed by atoms with Gasteiger partial charge in [0.15, 0.2) is 11.5 Å². The predicted molar refractivity (Wildman–Crippen MR) is 38.8 cm³/mol. The molecule has 0 heterocycles. The van der Waals surface area contributed by atoms with Crippen LogP contribution in [0.2, 0.25) is 0 Å². The van der Waals surface area contributed by atoms with Crippen LogP contribution in [-0.4, -0.2) is 11.1 Å². The Hall–Kier alpha value is -1.78. The molecular weight excluding hydrogens is 165 g/mol. The van der Waals surface area contributed by atoms with Gasteiger partial charge in [-0.2, -0.15) is 0 Å². The zero-order valence-electron chi connectivity index (χ0n) is 5.82. The van der Waals surface area contributed by atoms with E-state index in [4.69, 9.17) is 5.11 Å². The minimum absolute atomic E-state index is 0.426. The molecule has 4 nitrogen and oxygen atoms in total. The van der Waals surface area contributed by atoms with E-state index in [0.717, 1.165) is 12.1 Å². The van der Waals surface area contributed by atoms with Crippen molar-refractivity contribution in [1.82, 2.24) is 0 Å². The van der Waals surface area contributed by atoms with Crippen molar-refractivity contribution in [3.8, 4) is 0 Å². The fourth-order valence-electron chi connectivity index (χ4n) is 0.781. The van der Waals surface area contributed by atoms with Crippen molar-refractivity contribution in [3.05, 3.63) is 34.5 Å². The highest BCUT2D eigenvalue weighted by Crippen LogP contribution is 2.22. The Morgan fingerprint density at radius 3 is 2.58 bits per heavy atom. The summed E-state index contributed by atoms with van der Waals surface area (Å²) in [6, 6.07) is 3.29. The highest BCUT2D eigenvalue weighted by Gasteiger charge is 2.13. The molecule has 0 fully saturated rings. The SMILES string of the molecule is O=Nc1c(F)cccc1C(=O)O. The average molecular weight is 169 g/mol. The molecule has 0 amide bonds. The second kappa shape index (κ2) is 3.08. The normalized spacial score (nSPS) is 9.42. The van der Waals surface area contributed by atoms with E-state index in [1.54, 1.807) is 0 Å². The molecule has 0 bridgehead atoms. The van der Waals surface area contributed by atoms with Crippen LogP contribution in [0.15, 0.2) is 23.4 Å². The second-order valence-electron chi connectivity index (χ2n) is 2.03. The third-order valence-electron chi connectivity index (χ3n) is 1.31. The van der Waals surface area contributed by atoms with Crippen molar-refractivity contribution < 1.29 is 14.3 Å². The molecule has 12 heavy (non-hydrogen) atoms. The van der Waals surface area contributed by atoms with E-state index < -0.39 is 23.0 Å². The van der Waals surface area contributed by atoms with Crippen LogP contribution in [0.5, 0.6) is 0 Å². The van der Waals surface area contributed by atoms with Crippen molar-refractivity contribution in [2.45, 2.75) is 0 Å². The fourth-order valence-corrected chi connectivity index (χ4v) is 0.781. The zero-order valence-corrected chi connectivity index (χ0v) is 5.82. The maximum absolute atomic E-state index is 12.7. The molecular formula is C7H4FNO3. The molecule has 0 radical (unpaired) electrons. The van der Waals surface area contributed by atoms with E-state index in [2.05, 4.69) is 5.18 Å². The highest BCUT2D eigenvalue weighted by atomic mass is 19.1. The molecule has 1 aromatic rings. The van der Waals surface area contributed by atoms with Gasteiger partial charge >= 0.3 is 5.97 Å². The van der Waals surface area contributed by atoms with E-state index in [1.807, 2.05) is 0 Å². The lowest BCUT2D eigenvalue weighted by Gasteiger charge is -1.96. The van der Waals surface area contributed by atoms with Crippen LogP contribution in [-0.2, 0) is 0 Å². The number of nitrogens with zero attached hydrogens (tertiary/aromatic N) is 1. The summed E-state index contributed by atoms with van der Waals surface area (Å²) in [7, 11) is 0. The lowest BCUT2D eigenvalue weighted by atomic mass is 10.2. The van der Waals surface area contributed by atoms with Gasteiger partial charge in [-0.1, -0.05) is 6.07 Å². The average Bonchev–Trinajstić information content (AvgIpc) is 2.03. The third-order valence-corrected chi connectivity index (χ3v) is 1.31. The third kappa shape index (κ3) is 1.29. The highest BCUT2D eigenvalue weighted by molar-refractivity contribution is 5.93. The first-order valence-corrected chi connectivity index (χ1v) is 3.02. The second-order valence-corrected chi connectivity index (χ2v) is 2.03. The molecule has 0 aliphatic carbocycles. The number of aromatic carboxylic acids is 1. The molecule has 5 heteroatoms.